The molecule has 0 aliphatic carbocycles. The lowest BCUT2D eigenvalue weighted by Crippen LogP contribution is -2.24. The van der Waals surface area contributed by atoms with Crippen molar-refractivity contribution in [2.45, 2.75) is 38.9 Å². The second-order valence-electron chi connectivity index (χ2n) is 7.21. The number of rotatable bonds is 6. The highest BCUT2D eigenvalue weighted by molar-refractivity contribution is 5.96. The molecule has 0 saturated carbocycles. The number of aryl methyl sites for hydroxylation is 3. The molecule has 0 radical (unpaired) electrons. The Kier molecular flexibility index (Phi) is 4.51. The summed E-state index contributed by atoms with van der Waals surface area (Å²) in [7, 11) is 0. The Hall–Kier alpha value is -3.55. The van der Waals surface area contributed by atoms with Gasteiger partial charge in [-0.2, -0.15) is 0 Å². The van der Waals surface area contributed by atoms with Crippen molar-refractivity contribution in [3.05, 3.63) is 71.7 Å². The summed E-state index contributed by atoms with van der Waals surface area (Å²) in [6.07, 6.45) is 6.32. The summed E-state index contributed by atoms with van der Waals surface area (Å²) in [5.74, 6) is 1.61. The Balaban J connectivity index is 1.26. The minimum atomic E-state index is -0.186. The number of nitrogens with zero attached hydrogens (tertiary/aromatic N) is 6. The van der Waals surface area contributed by atoms with E-state index in [9.17, 15) is 4.79 Å². The van der Waals surface area contributed by atoms with Crippen LogP contribution in [-0.4, -0.2) is 35.2 Å². The normalized spacial score (nSPS) is 13.0. The highest BCUT2D eigenvalue weighted by Gasteiger charge is 2.18. The molecule has 0 bridgehead atoms. The molecule has 4 heterocycles. The highest BCUT2D eigenvalue weighted by Crippen LogP contribution is 2.15. The maximum Gasteiger partial charge on any atom is 0.253 e. The standard InChI is InChI=1S/C21H21N7O/c29-21(23-13-19-26-25-18-7-4-9-28(18)19)16-11-17-20(22-12-16)27(14-24-17)10-8-15-5-2-1-3-6-15/h1-3,5-6,11-12,14H,4,7-10,13H2,(H,23,29). The van der Waals surface area contributed by atoms with Gasteiger partial charge in [-0.05, 0) is 24.5 Å². The molecule has 1 aromatic carbocycles. The molecule has 1 amide bonds. The molecule has 5 rings (SSSR count). The van der Waals surface area contributed by atoms with E-state index < -0.39 is 0 Å². The molecule has 4 aromatic rings. The van der Waals surface area contributed by atoms with Gasteiger partial charge in [-0.3, -0.25) is 4.79 Å². The average Bonchev–Trinajstić information content (AvgIpc) is 3.47. The highest BCUT2D eigenvalue weighted by atomic mass is 16.1. The van der Waals surface area contributed by atoms with Crippen molar-refractivity contribution >= 4 is 17.1 Å². The quantitative estimate of drug-likeness (QED) is 0.547. The van der Waals surface area contributed by atoms with Gasteiger partial charge in [-0.25, -0.2) is 9.97 Å². The van der Waals surface area contributed by atoms with Gasteiger partial charge in [-0.15, -0.1) is 10.2 Å². The molecular formula is C21H21N7O. The lowest BCUT2D eigenvalue weighted by Gasteiger charge is -2.07. The van der Waals surface area contributed by atoms with Crippen LogP contribution in [0, 0.1) is 0 Å². The van der Waals surface area contributed by atoms with Gasteiger partial charge in [0.25, 0.3) is 5.91 Å². The van der Waals surface area contributed by atoms with Crippen molar-refractivity contribution in [1.82, 2.24) is 34.6 Å². The Morgan fingerprint density at radius 1 is 1.14 bits per heavy atom. The fourth-order valence-corrected chi connectivity index (χ4v) is 3.73. The number of pyridine rings is 1. The summed E-state index contributed by atoms with van der Waals surface area (Å²) in [5, 5.41) is 11.2. The van der Waals surface area contributed by atoms with Crippen LogP contribution in [0.2, 0.25) is 0 Å². The third-order valence-electron chi connectivity index (χ3n) is 5.30. The zero-order valence-corrected chi connectivity index (χ0v) is 16.0. The van der Waals surface area contributed by atoms with E-state index in [2.05, 4.69) is 42.2 Å². The number of aromatic nitrogens is 6. The minimum Gasteiger partial charge on any atom is -0.345 e. The second-order valence-corrected chi connectivity index (χ2v) is 7.21. The van der Waals surface area contributed by atoms with Gasteiger partial charge in [0, 0.05) is 25.7 Å². The maximum absolute atomic E-state index is 12.6. The van der Waals surface area contributed by atoms with Gasteiger partial charge in [0.15, 0.2) is 11.5 Å². The van der Waals surface area contributed by atoms with Crippen LogP contribution in [0.25, 0.3) is 11.2 Å². The number of hydrogen-bond donors (Lipinski definition) is 1. The molecule has 146 valence electrons. The summed E-state index contributed by atoms with van der Waals surface area (Å²) < 4.78 is 4.10. The van der Waals surface area contributed by atoms with Gasteiger partial charge in [0.2, 0.25) is 0 Å². The van der Waals surface area contributed by atoms with Crippen molar-refractivity contribution in [3.8, 4) is 0 Å². The molecule has 0 unspecified atom stereocenters. The monoisotopic (exact) mass is 387 g/mol. The molecule has 3 aromatic heterocycles. The fraction of sp³-hybridized carbons (Fsp3) is 0.286. The topological polar surface area (TPSA) is 90.5 Å². The van der Waals surface area contributed by atoms with Crippen LogP contribution >= 0.6 is 0 Å². The molecule has 29 heavy (non-hydrogen) atoms. The van der Waals surface area contributed by atoms with Crippen molar-refractivity contribution in [2.75, 3.05) is 0 Å². The van der Waals surface area contributed by atoms with E-state index >= 15 is 0 Å². The van der Waals surface area contributed by atoms with Crippen LogP contribution in [0.15, 0.2) is 48.9 Å². The first-order valence-corrected chi connectivity index (χ1v) is 9.82. The van der Waals surface area contributed by atoms with Crippen LogP contribution in [0.3, 0.4) is 0 Å². The summed E-state index contributed by atoms with van der Waals surface area (Å²) in [4.78, 5) is 21.5. The van der Waals surface area contributed by atoms with Gasteiger partial charge in [0.05, 0.1) is 18.4 Å². The lowest BCUT2D eigenvalue weighted by atomic mass is 10.1. The first-order chi connectivity index (χ1) is 14.3. The number of imidazole rings is 1. The summed E-state index contributed by atoms with van der Waals surface area (Å²) >= 11 is 0. The van der Waals surface area contributed by atoms with Crippen LogP contribution < -0.4 is 5.32 Å². The molecule has 1 aliphatic rings. The number of fused-ring (bicyclic) bond motifs is 2. The molecule has 0 spiro atoms. The molecule has 1 N–H and O–H groups in total. The predicted octanol–water partition coefficient (Wildman–Crippen LogP) is 2.14. The van der Waals surface area contributed by atoms with Gasteiger partial charge in [-0.1, -0.05) is 30.3 Å². The molecule has 0 saturated heterocycles. The van der Waals surface area contributed by atoms with Crippen molar-refractivity contribution in [1.29, 1.82) is 0 Å². The number of amides is 1. The van der Waals surface area contributed by atoms with Crippen LogP contribution in [0.1, 0.15) is 34.0 Å². The van der Waals surface area contributed by atoms with Crippen LogP contribution in [0.5, 0.6) is 0 Å². The average molecular weight is 387 g/mol. The number of hydrogen-bond acceptors (Lipinski definition) is 5. The number of carbonyl (C=O) groups is 1. The largest absolute Gasteiger partial charge is 0.345 e. The molecule has 0 atom stereocenters. The van der Waals surface area contributed by atoms with E-state index in [4.69, 9.17) is 0 Å². The fourth-order valence-electron chi connectivity index (χ4n) is 3.73. The van der Waals surface area contributed by atoms with E-state index in [1.54, 1.807) is 18.6 Å². The number of carbonyl (C=O) groups excluding carboxylic acids is 1. The SMILES string of the molecule is O=C(NCc1nnc2n1CCC2)c1cnc2c(c1)ncn2CCc1ccccc1. The zero-order valence-electron chi connectivity index (χ0n) is 16.0. The van der Waals surface area contributed by atoms with Crippen molar-refractivity contribution < 1.29 is 4.79 Å². The van der Waals surface area contributed by atoms with E-state index in [1.807, 2.05) is 22.8 Å². The lowest BCUT2D eigenvalue weighted by molar-refractivity contribution is 0.0949. The Morgan fingerprint density at radius 2 is 2.03 bits per heavy atom. The molecule has 8 nitrogen and oxygen atoms in total. The Bertz CT molecular complexity index is 1160. The Labute approximate surface area is 167 Å². The molecule has 1 aliphatic heterocycles. The maximum atomic E-state index is 12.6. The van der Waals surface area contributed by atoms with Gasteiger partial charge in [0.1, 0.15) is 11.3 Å². The van der Waals surface area contributed by atoms with Crippen molar-refractivity contribution in [3.63, 3.8) is 0 Å². The zero-order chi connectivity index (χ0) is 19.6. The number of nitrogens with one attached hydrogen (secondary N) is 1. The second kappa shape index (κ2) is 7.46. The van der Waals surface area contributed by atoms with Gasteiger partial charge < -0.3 is 14.5 Å². The van der Waals surface area contributed by atoms with Crippen LogP contribution in [0.4, 0.5) is 0 Å². The van der Waals surface area contributed by atoms with E-state index in [0.29, 0.717) is 17.6 Å². The van der Waals surface area contributed by atoms with Crippen LogP contribution in [-0.2, 0) is 32.5 Å². The summed E-state index contributed by atoms with van der Waals surface area (Å²) in [6, 6.07) is 12.1. The first kappa shape index (κ1) is 17.5. The van der Waals surface area contributed by atoms with E-state index in [1.165, 1.54) is 5.56 Å². The molecule has 0 fully saturated rings. The third kappa shape index (κ3) is 3.49. The smallest absolute Gasteiger partial charge is 0.253 e. The van der Waals surface area contributed by atoms with Gasteiger partial charge >= 0.3 is 0 Å². The third-order valence-corrected chi connectivity index (χ3v) is 5.30. The minimum absolute atomic E-state index is 0.186. The number of benzene rings is 1. The summed E-state index contributed by atoms with van der Waals surface area (Å²) in [6.45, 7) is 2.06. The van der Waals surface area contributed by atoms with Crippen molar-refractivity contribution in [2.24, 2.45) is 0 Å². The summed E-state index contributed by atoms with van der Waals surface area (Å²) in [5.41, 5.74) is 3.26. The molecular weight excluding hydrogens is 366 g/mol. The van der Waals surface area contributed by atoms with E-state index in [-0.39, 0.29) is 5.91 Å². The first-order valence-electron chi connectivity index (χ1n) is 9.82. The predicted molar refractivity (Wildman–Crippen MR) is 107 cm³/mol. The van der Waals surface area contributed by atoms with E-state index in [0.717, 1.165) is 49.6 Å². The Morgan fingerprint density at radius 3 is 2.93 bits per heavy atom. The molecule has 8 heteroatoms.